The van der Waals surface area contributed by atoms with Crippen LogP contribution in [0.25, 0.3) is 22.3 Å². The molecule has 0 saturated carbocycles. The lowest BCUT2D eigenvalue weighted by Crippen LogP contribution is -2.04. The standard InChI is InChI=1S/C22H15ClO7/c23-14-4-2-1-3-12(14)10-29-13-8-17(26)19-18(9-13)30-22(21(28)20(19)27)11-5-6-15(24)16(25)7-11/h1-9,24-26,28H,10H2. The molecule has 0 unspecified atom stereocenters. The number of hydrogen-bond acceptors (Lipinski definition) is 7. The van der Waals surface area contributed by atoms with E-state index in [-0.39, 0.29) is 40.4 Å². The van der Waals surface area contributed by atoms with Crippen molar-refractivity contribution in [1.82, 2.24) is 0 Å². The highest BCUT2D eigenvalue weighted by Crippen LogP contribution is 2.38. The van der Waals surface area contributed by atoms with Gasteiger partial charge < -0.3 is 29.6 Å². The molecule has 4 N–H and O–H groups in total. The summed E-state index contributed by atoms with van der Waals surface area (Å²) in [4.78, 5) is 12.6. The van der Waals surface area contributed by atoms with E-state index in [0.29, 0.717) is 5.02 Å². The van der Waals surface area contributed by atoms with Gasteiger partial charge in [-0.15, -0.1) is 0 Å². The van der Waals surface area contributed by atoms with Crippen molar-refractivity contribution in [3.8, 4) is 40.1 Å². The van der Waals surface area contributed by atoms with Crippen LogP contribution in [0.1, 0.15) is 5.56 Å². The summed E-state index contributed by atoms with van der Waals surface area (Å²) in [6.45, 7) is 0.117. The maximum Gasteiger partial charge on any atom is 0.238 e. The van der Waals surface area contributed by atoms with Gasteiger partial charge in [-0.25, -0.2) is 0 Å². The molecule has 8 heteroatoms. The Morgan fingerprint density at radius 1 is 0.900 bits per heavy atom. The average molecular weight is 427 g/mol. The molecule has 0 radical (unpaired) electrons. The van der Waals surface area contributed by atoms with E-state index >= 15 is 0 Å². The van der Waals surface area contributed by atoms with Gasteiger partial charge in [0.2, 0.25) is 11.2 Å². The van der Waals surface area contributed by atoms with Crippen LogP contribution in [0.2, 0.25) is 5.02 Å². The van der Waals surface area contributed by atoms with Gasteiger partial charge in [0.25, 0.3) is 0 Å². The lowest BCUT2D eigenvalue weighted by molar-refractivity contribution is 0.304. The third kappa shape index (κ3) is 3.46. The number of fused-ring (bicyclic) bond motifs is 1. The normalized spacial score (nSPS) is 11.0. The Morgan fingerprint density at radius 2 is 1.67 bits per heavy atom. The van der Waals surface area contributed by atoms with Gasteiger partial charge in [0.15, 0.2) is 17.3 Å². The first-order valence-electron chi connectivity index (χ1n) is 8.76. The summed E-state index contributed by atoms with van der Waals surface area (Å²) in [5.74, 6) is -2.00. The summed E-state index contributed by atoms with van der Waals surface area (Å²) >= 11 is 6.11. The van der Waals surface area contributed by atoms with Gasteiger partial charge in [0, 0.05) is 28.3 Å². The highest BCUT2D eigenvalue weighted by atomic mass is 35.5. The molecule has 4 aromatic rings. The van der Waals surface area contributed by atoms with E-state index in [4.69, 9.17) is 20.8 Å². The van der Waals surface area contributed by atoms with Crippen molar-refractivity contribution in [3.63, 3.8) is 0 Å². The van der Waals surface area contributed by atoms with E-state index in [0.717, 1.165) is 11.6 Å². The van der Waals surface area contributed by atoms with E-state index in [2.05, 4.69) is 0 Å². The van der Waals surface area contributed by atoms with Crippen LogP contribution < -0.4 is 10.2 Å². The molecule has 0 fully saturated rings. The van der Waals surface area contributed by atoms with Crippen LogP contribution in [0.15, 0.2) is 63.8 Å². The minimum atomic E-state index is -0.853. The van der Waals surface area contributed by atoms with E-state index in [9.17, 15) is 25.2 Å². The van der Waals surface area contributed by atoms with Crippen LogP contribution >= 0.6 is 11.6 Å². The van der Waals surface area contributed by atoms with Crippen LogP contribution in [0.4, 0.5) is 0 Å². The Kier molecular flexibility index (Phi) is 4.89. The first kappa shape index (κ1) is 19.5. The zero-order valence-corrected chi connectivity index (χ0v) is 16.1. The van der Waals surface area contributed by atoms with Gasteiger partial charge in [0.1, 0.15) is 29.1 Å². The van der Waals surface area contributed by atoms with E-state index < -0.39 is 22.7 Å². The van der Waals surface area contributed by atoms with Crippen molar-refractivity contribution in [2.24, 2.45) is 0 Å². The second kappa shape index (κ2) is 7.53. The Hall–Kier alpha value is -3.84. The molecule has 1 aromatic heterocycles. The summed E-state index contributed by atoms with van der Waals surface area (Å²) in [7, 11) is 0. The van der Waals surface area contributed by atoms with Crippen molar-refractivity contribution in [3.05, 3.63) is 75.4 Å². The number of rotatable bonds is 4. The highest BCUT2D eigenvalue weighted by Gasteiger charge is 2.20. The number of hydrogen-bond donors (Lipinski definition) is 4. The van der Waals surface area contributed by atoms with Crippen molar-refractivity contribution >= 4 is 22.6 Å². The third-order valence-electron chi connectivity index (χ3n) is 4.51. The number of aromatic hydroxyl groups is 4. The van der Waals surface area contributed by atoms with Crippen molar-refractivity contribution in [2.75, 3.05) is 0 Å². The zero-order chi connectivity index (χ0) is 21.4. The molecule has 7 nitrogen and oxygen atoms in total. The highest BCUT2D eigenvalue weighted by molar-refractivity contribution is 6.31. The maximum absolute atomic E-state index is 12.6. The number of ether oxygens (including phenoxy) is 1. The fourth-order valence-corrected chi connectivity index (χ4v) is 3.18. The molecule has 0 aliphatic carbocycles. The number of halogens is 1. The van der Waals surface area contributed by atoms with Crippen molar-refractivity contribution in [2.45, 2.75) is 6.61 Å². The Bertz CT molecular complexity index is 1330. The molecule has 30 heavy (non-hydrogen) atoms. The predicted molar refractivity (Wildman–Crippen MR) is 110 cm³/mol. The second-order valence-corrected chi connectivity index (χ2v) is 6.92. The molecule has 1 heterocycles. The van der Waals surface area contributed by atoms with Crippen LogP contribution in [-0.2, 0) is 6.61 Å². The molecular weight excluding hydrogens is 412 g/mol. The maximum atomic E-state index is 12.6. The lowest BCUT2D eigenvalue weighted by atomic mass is 10.1. The predicted octanol–water partition coefficient (Wildman–Crippen LogP) is 4.51. The third-order valence-corrected chi connectivity index (χ3v) is 4.88. The summed E-state index contributed by atoms with van der Waals surface area (Å²) in [6.07, 6.45) is 0. The topological polar surface area (TPSA) is 120 Å². The second-order valence-electron chi connectivity index (χ2n) is 6.51. The van der Waals surface area contributed by atoms with Gasteiger partial charge in [-0.3, -0.25) is 4.79 Å². The van der Waals surface area contributed by atoms with Gasteiger partial charge >= 0.3 is 0 Å². The van der Waals surface area contributed by atoms with Crippen LogP contribution in [-0.4, -0.2) is 20.4 Å². The molecule has 0 saturated heterocycles. The Morgan fingerprint density at radius 3 is 2.40 bits per heavy atom. The number of phenolic OH excluding ortho intramolecular Hbond substituents is 3. The molecule has 0 atom stereocenters. The summed E-state index contributed by atoms with van der Waals surface area (Å²) in [5.41, 5.74) is -0.00154. The smallest absolute Gasteiger partial charge is 0.238 e. The molecule has 0 amide bonds. The van der Waals surface area contributed by atoms with Gasteiger partial charge in [-0.1, -0.05) is 29.8 Å². The van der Waals surface area contributed by atoms with Gasteiger partial charge in [-0.05, 0) is 24.3 Å². The van der Waals surface area contributed by atoms with Crippen LogP contribution in [0.5, 0.6) is 28.7 Å². The first-order valence-corrected chi connectivity index (χ1v) is 9.14. The summed E-state index contributed by atoms with van der Waals surface area (Å²) in [6, 6.07) is 13.4. The fraction of sp³-hybridized carbons (Fsp3) is 0.0455. The molecule has 0 aliphatic rings. The van der Waals surface area contributed by atoms with Gasteiger partial charge in [0.05, 0.1) is 0 Å². The van der Waals surface area contributed by atoms with Crippen LogP contribution in [0.3, 0.4) is 0 Å². The monoisotopic (exact) mass is 426 g/mol. The quantitative estimate of drug-likeness (QED) is 0.354. The average Bonchev–Trinajstić information content (AvgIpc) is 2.72. The lowest BCUT2D eigenvalue weighted by Gasteiger charge is -2.11. The van der Waals surface area contributed by atoms with E-state index in [1.807, 2.05) is 6.07 Å². The van der Waals surface area contributed by atoms with E-state index in [1.54, 1.807) is 18.2 Å². The Labute approximate surface area is 174 Å². The van der Waals surface area contributed by atoms with Crippen molar-refractivity contribution in [1.29, 1.82) is 0 Å². The minimum absolute atomic E-state index is 0.0328. The molecule has 0 spiro atoms. The first-order chi connectivity index (χ1) is 14.3. The summed E-state index contributed by atoms with van der Waals surface area (Å²) < 4.78 is 11.3. The molecule has 0 bridgehead atoms. The minimum Gasteiger partial charge on any atom is -0.507 e. The number of benzene rings is 3. The SMILES string of the molecule is O=c1c(O)c(-c2ccc(O)c(O)c2)oc2cc(OCc3ccccc3Cl)cc(O)c12. The van der Waals surface area contributed by atoms with Gasteiger partial charge in [-0.2, -0.15) is 0 Å². The molecule has 152 valence electrons. The molecule has 4 rings (SSSR count). The largest absolute Gasteiger partial charge is 0.507 e. The molecule has 0 aliphatic heterocycles. The summed E-state index contributed by atoms with van der Waals surface area (Å²) in [5, 5.41) is 40.1. The van der Waals surface area contributed by atoms with Crippen molar-refractivity contribution < 1.29 is 29.6 Å². The molecule has 3 aromatic carbocycles. The fourth-order valence-electron chi connectivity index (χ4n) is 2.98. The zero-order valence-electron chi connectivity index (χ0n) is 15.3. The number of phenols is 3. The molecular formula is C22H15ClO7. The van der Waals surface area contributed by atoms with E-state index in [1.165, 1.54) is 24.3 Å². The van der Waals surface area contributed by atoms with Crippen LogP contribution in [0, 0.1) is 0 Å². The Balaban J connectivity index is 1.79.